The summed E-state index contributed by atoms with van der Waals surface area (Å²) in [4.78, 5) is 14.5. The zero-order valence-corrected chi connectivity index (χ0v) is 23.8. The van der Waals surface area contributed by atoms with Gasteiger partial charge in [0.15, 0.2) is 0 Å². The van der Waals surface area contributed by atoms with Gasteiger partial charge in [0.1, 0.15) is 0 Å². The zero-order valence-electron chi connectivity index (χ0n) is 23.8. The highest BCUT2D eigenvalue weighted by Gasteiger charge is 2.17. The summed E-state index contributed by atoms with van der Waals surface area (Å²) >= 11 is 0. The zero-order chi connectivity index (χ0) is 29.0. The molecule has 3 heterocycles. The predicted octanol–water partition coefficient (Wildman–Crippen LogP) is 10.6. The fourth-order valence-electron chi connectivity index (χ4n) is 6.73. The van der Waals surface area contributed by atoms with E-state index in [-0.39, 0.29) is 0 Å². The first kappa shape index (κ1) is 24.6. The molecule has 3 aromatic heterocycles. The van der Waals surface area contributed by atoms with Gasteiger partial charge in [-0.25, -0.2) is 4.98 Å². The summed E-state index contributed by atoms with van der Waals surface area (Å²) in [6, 6.07) is 49.6. The van der Waals surface area contributed by atoms with E-state index < -0.39 is 0 Å². The number of hydrogen-bond acceptors (Lipinski definition) is 3. The van der Waals surface area contributed by atoms with Crippen LogP contribution in [0.4, 0.5) is 0 Å². The summed E-state index contributed by atoms with van der Waals surface area (Å²) in [6.45, 7) is 0. The molecule has 0 saturated heterocycles. The van der Waals surface area contributed by atoms with Gasteiger partial charge in [-0.05, 0) is 81.7 Å². The van der Waals surface area contributed by atoms with Crippen LogP contribution in [0.15, 0.2) is 152 Å². The Bertz CT molecular complexity index is 2460. The van der Waals surface area contributed by atoms with Gasteiger partial charge in [0.05, 0.1) is 22.1 Å². The van der Waals surface area contributed by atoms with E-state index >= 15 is 0 Å². The van der Waals surface area contributed by atoms with Crippen molar-refractivity contribution >= 4 is 54.4 Å². The quantitative estimate of drug-likeness (QED) is 0.160. The third kappa shape index (κ3) is 3.87. The molecule has 0 amide bonds. The third-order valence-corrected chi connectivity index (χ3v) is 8.71. The topological polar surface area (TPSA) is 38.7 Å². The van der Waals surface area contributed by atoms with E-state index in [0.29, 0.717) is 0 Å². The van der Waals surface area contributed by atoms with Crippen LogP contribution in [0.2, 0.25) is 0 Å². The van der Waals surface area contributed by atoms with E-state index in [4.69, 9.17) is 4.98 Å². The second kappa shape index (κ2) is 9.82. The molecular formula is C41H25N3. The molecular weight excluding hydrogens is 534 g/mol. The third-order valence-electron chi connectivity index (χ3n) is 8.71. The standard InChI is InChI=1S/C41H25N3/c1-2-10-32-26(9-1)19-20-36-40(35-11-3-4-16-39(35)44-41(32)36)29-24-27(30-12-5-17-37-33(30)14-7-21-42-37)23-28(25-29)31-13-6-18-38-34(31)15-8-22-43-38/h1-25H. The van der Waals surface area contributed by atoms with E-state index in [9.17, 15) is 0 Å². The van der Waals surface area contributed by atoms with E-state index in [0.717, 1.165) is 76.8 Å². The molecule has 3 nitrogen and oxygen atoms in total. The second-order valence-corrected chi connectivity index (χ2v) is 11.2. The molecule has 0 aliphatic heterocycles. The molecule has 0 radical (unpaired) electrons. The first-order chi connectivity index (χ1) is 21.8. The second-order valence-electron chi connectivity index (χ2n) is 11.2. The van der Waals surface area contributed by atoms with Crippen molar-refractivity contribution in [1.82, 2.24) is 15.0 Å². The van der Waals surface area contributed by atoms with Crippen LogP contribution < -0.4 is 0 Å². The molecule has 0 spiro atoms. The van der Waals surface area contributed by atoms with Crippen LogP contribution in [0.25, 0.3) is 87.8 Å². The Morgan fingerprint density at radius 2 is 0.932 bits per heavy atom. The van der Waals surface area contributed by atoms with Gasteiger partial charge in [-0.3, -0.25) is 9.97 Å². The number of para-hydroxylation sites is 1. The number of hydrogen-bond donors (Lipinski definition) is 0. The van der Waals surface area contributed by atoms with Crippen LogP contribution in [-0.4, -0.2) is 15.0 Å². The molecule has 6 aromatic carbocycles. The Balaban J connectivity index is 1.43. The van der Waals surface area contributed by atoms with Crippen LogP contribution in [0.5, 0.6) is 0 Å². The highest BCUT2D eigenvalue weighted by molar-refractivity contribution is 6.17. The molecule has 0 unspecified atom stereocenters. The van der Waals surface area contributed by atoms with E-state index in [1.165, 1.54) is 10.9 Å². The van der Waals surface area contributed by atoms with Crippen molar-refractivity contribution in [3.63, 3.8) is 0 Å². The number of benzene rings is 6. The molecule has 0 atom stereocenters. The fourth-order valence-corrected chi connectivity index (χ4v) is 6.73. The SMILES string of the molecule is c1ccc2c(c1)ccc1c(-c3cc(-c4cccc5ncccc45)cc(-c4cccc5ncccc45)c3)c3ccccc3nc12. The molecule has 204 valence electrons. The number of nitrogens with zero attached hydrogens (tertiary/aromatic N) is 3. The van der Waals surface area contributed by atoms with Crippen LogP contribution >= 0.6 is 0 Å². The van der Waals surface area contributed by atoms with Gasteiger partial charge in [-0.15, -0.1) is 0 Å². The summed E-state index contributed by atoms with van der Waals surface area (Å²) in [5.41, 5.74) is 10.9. The minimum Gasteiger partial charge on any atom is -0.256 e. The van der Waals surface area contributed by atoms with Gasteiger partial charge in [-0.2, -0.15) is 0 Å². The molecule has 0 fully saturated rings. The lowest BCUT2D eigenvalue weighted by Gasteiger charge is -2.17. The lowest BCUT2D eigenvalue weighted by atomic mass is 9.88. The van der Waals surface area contributed by atoms with E-state index in [2.05, 4.69) is 137 Å². The predicted molar refractivity (Wildman–Crippen MR) is 184 cm³/mol. The molecule has 44 heavy (non-hydrogen) atoms. The largest absolute Gasteiger partial charge is 0.256 e. The average molecular weight is 560 g/mol. The molecule has 0 bridgehead atoms. The van der Waals surface area contributed by atoms with Crippen molar-refractivity contribution < 1.29 is 0 Å². The van der Waals surface area contributed by atoms with Crippen LogP contribution in [0, 0.1) is 0 Å². The van der Waals surface area contributed by atoms with Crippen molar-refractivity contribution in [3.05, 3.63) is 152 Å². The fraction of sp³-hybridized carbons (Fsp3) is 0. The average Bonchev–Trinajstić information content (AvgIpc) is 3.10. The molecule has 0 aliphatic carbocycles. The first-order valence-electron chi connectivity index (χ1n) is 14.9. The van der Waals surface area contributed by atoms with Crippen molar-refractivity contribution in [2.75, 3.05) is 0 Å². The Kier molecular flexibility index (Phi) is 5.50. The number of rotatable bonds is 3. The molecule has 3 heteroatoms. The van der Waals surface area contributed by atoms with Gasteiger partial charge in [-0.1, -0.05) is 91.0 Å². The summed E-state index contributed by atoms with van der Waals surface area (Å²) in [5, 5.41) is 6.90. The molecule has 0 saturated carbocycles. The van der Waals surface area contributed by atoms with E-state index in [1.54, 1.807) is 0 Å². The lowest BCUT2D eigenvalue weighted by molar-refractivity contribution is 1.41. The maximum atomic E-state index is 5.22. The van der Waals surface area contributed by atoms with Gasteiger partial charge in [0.25, 0.3) is 0 Å². The summed E-state index contributed by atoms with van der Waals surface area (Å²) in [5.74, 6) is 0. The van der Waals surface area contributed by atoms with E-state index in [1.807, 2.05) is 24.5 Å². The number of aromatic nitrogens is 3. The Morgan fingerprint density at radius 1 is 0.364 bits per heavy atom. The van der Waals surface area contributed by atoms with Crippen molar-refractivity contribution in [2.45, 2.75) is 0 Å². The molecule has 0 aliphatic rings. The Hall–Kier alpha value is -5.93. The highest BCUT2D eigenvalue weighted by atomic mass is 14.7. The smallest absolute Gasteiger partial charge is 0.0794 e. The monoisotopic (exact) mass is 559 g/mol. The number of fused-ring (bicyclic) bond motifs is 6. The van der Waals surface area contributed by atoms with Gasteiger partial charge in [0, 0.05) is 44.9 Å². The number of pyridine rings is 3. The minimum absolute atomic E-state index is 0.984. The molecule has 0 N–H and O–H groups in total. The summed E-state index contributed by atoms with van der Waals surface area (Å²) < 4.78 is 0. The normalized spacial score (nSPS) is 11.6. The van der Waals surface area contributed by atoms with Crippen molar-refractivity contribution in [1.29, 1.82) is 0 Å². The van der Waals surface area contributed by atoms with Crippen LogP contribution in [-0.2, 0) is 0 Å². The maximum Gasteiger partial charge on any atom is 0.0794 e. The summed E-state index contributed by atoms with van der Waals surface area (Å²) in [6.07, 6.45) is 3.72. The Morgan fingerprint density at radius 3 is 1.64 bits per heavy atom. The maximum absolute atomic E-state index is 5.22. The Labute approximate surface area is 254 Å². The van der Waals surface area contributed by atoms with Crippen LogP contribution in [0.3, 0.4) is 0 Å². The molecule has 9 rings (SSSR count). The van der Waals surface area contributed by atoms with Gasteiger partial charge >= 0.3 is 0 Å². The van der Waals surface area contributed by atoms with Crippen LogP contribution in [0.1, 0.15) is 0 Å². The highest BCUT2D eigenvalue weighted by Crippen LogP contribution is 2.42. The van der Waals surface area contributed by atoms with Gasteiger partial charge in [0.2, 0.25) is 0 Å². The first-order valence-corrected chi connectivity index (χ1v) is 14.9. The minimum atomic E-state index is 0.984. The van der Waals surface area contributed by atoms with Crippen molar-refractivity contribution in [2.24, 2.45) is 0 Å². The summed E-state index contributed by atoms with van der Waals surface area (Å²) in [7, 11) is 0. The molecule has 9 aromatic rings. The van der Waals surface area contributed by atoms with Crippen molar-refractivity contribution in [3.8, 4) is 33.4 Å². The van der Waals surface area contributed by atoms with Gasteiger partial charge < -0.3 is 0 Å². The lowest BCUT2D eigenvalue weighted by Crippen LogP contribution is -1.93.